The summed E-state index contributed by atoms with van der Waals surface area (Å²) in [5.41, 5.74) is 9.55. The third-order valence-electron chi connectivity index (χ3n) is 6.77. The SMILES string of the molecule is CC(=O)N1CCN(c2cccc(-c3cc(-c4cnn(-c5ncccn5)c4)c(/C(N)=N\C=N)[nH]3)c2)C(=O)C1(C)C. The van der Waals surface area contributed by atoms with Gasteiger partial charge in [-0.3, -0.25) is 15.0 Å². The van der Waals surface area contributed by atoms with Crippen molar-refractivity contribution >= 4 is 29.7 Å². The van der Waals surface area contributed by atoms with E-state index in [4.69, 9.17) is 11.1 Å². The number of carbonyl (C=O) groups is 2. The number of aromatic nitrogens is 5. The number of aromatic amines is 1. The molecule has 1 aliphatic heterocycles. The summed E-state index contributed by atoms with van der Waals surface area (Å²) < 4.78 is 1.56. The fourth-order valence-corrected chi connectivity index (χ4v) is 4.82. The monoisotopic (exact) mass is 524 g/mol. The highest BCUT2D eigenvalue weighted by molar-refractivity contribution is 6.06. The van der Waals surface area contributed by atoms with Gasteiger partial charge < -0.3 is 20.5 Å². The minimum Gasteiger partial charge on any atom is -0.382 e. The van der Waals surface area contributed by atoms with Crippen LogP contribution in [0.4, 0.5) is 5.69 Å². The normalized spacial score (nSPS) is 15.5. The van der Waals surface area contributed by atoms with E-state index in [1.807, 2.05) is 30.3 Å². The zero-order valence-electron chi connectivity index (χ0n) is 21.8. The molecule has 39 heavy (non-hydrogen) atoms. The van der Waals surface area contributed by atoms with Gasteiger partial charge in [0, 0.05) is 66.7 Å². The van der Waals surface area contributed by atoms with Gasteiger partial charge in [0.2, 0.25) is 11.9 Å². The number of carbonyl (C=O) groups excluding carboxylic acids is 2. The van der Waals surface area contributed by atoms with Crippen molar-refractivity contribution in [3.05, 3.63) is 66.9 Å². The molecule has 0 bridgehead atoms. The van der Waals surface area contributed by atoms with E-state index in [0.717, 1.165) is 34.4 Å². The average molecular weight is 525 g/mol. The Labute approximate surface area is 224 Å². The van der Waals surface area contributed by atoms with Crippen molar-refractivity contribution in [1.82, 2.24) is 29.6 Å². The van der Waals surface area contributed by atoms with Crippen LogP contribution in [0.5, 0.6) is 0 Å². The van der Waals surface area contributed by atoms with E-state index in [9.17, 15) is 9.59 Å². The van der Waals surface area contributed by atoms with Crippen LogP contribution in [0.1, 0.15) is 26.5 Å². The lowest BCUT2D eigenvalue weighted by Crippen LogP contribution is -2.64. The highest BCUT2D eigenvalue weighted by atomic mass is 16.2. The molecule has 4 N–H and O–H groups in total. The van der Waals surface area contributed by atoms with Crippen LogP contribution in [0.2, 0.25) is 0 Å². The molecule has 0 atom stereocenters. The van der Waals surface area contributed by atoms with E-state index >= 15 is 0 Å². The minimum atomic E-state index is -0.951. The lowest BCUT2D eigenvalue weighted by molar-refractivity contribution is -0.145. The Morgan fingerprint density at radius 1 is 1.15 bits per heavy atom. The van der Waals surface area contributed by atoms with Gasteiger partial charge in [-0.2, -0.15) is 5.10 Å². The number of amidine groups is 1. The van der Waals surface area contributed by atoms with Gasteiger partial charge in [0.1, 0.15) is 17.7 Å². The zero-order valence-corrected chi connectivity index (χ0v) is 21.8. The van der Waals surface area contributed by atoms with Crippen molar-refractivity contribution in [2.24, 2.45) is 10.7 Å². The molecule has 1 saturated heterocycles. The van der Waals surface area contributed by atoms with Gasteiger partial charge in [0.05, 0.1) is 11.9 Å². The molecule has 198 valence electrons. The summed E-state index contributed by atoms with van der Waals surface area (Å²) in [5.74, 6) is 0.294. The predicted octanol–water partition coefficient (Wildman–Crippen LogP) is 2.61. The summed E-state index contributed by atoms with van der Waals surface area (Å²) in [6.07, 6.45) is 7.62. The molecule has 12 heteroatoms. The molecule has 2 amide bonds. The molecule has 1 aromatic carbocycles. The van der Waals surface area contributed by atoms with Gasteiger partial charge >= 0.3 is 0 Å². The van der Waals surface area contributed by atoms with Crippen LogP contribution in [0.25, 0.3) is 28.3 Å². The second-order valence-corrected chi connectivity index (χ2v) is 9.57. The third kappa shape index (κ3) is 4.67. The highest BCUT2D eigenvalue weighted by Gasteiger charge is 2.43. The van der Waals surface area contributed by atoms with Crippen LogP contribution in [-0.4, -0.2) is 72.2 Å². The first-order valence-electron chi connectivity index (χ1n) is 12.3. The number of aliphatic imine (C=N–C) groups is 1. The second-order valence-electron chi connectivity index (χ2n) is 9.57. The Hall–Kier alpha value is -5.13. The van der Waals surface area contributed by atoms with Crippen LogP contribution < -0.4 is 10.6 Å². The summed E-state index contributed by atoms with van der Waals surface area (Å²) in [6, 6.07) is 11.2. The molecule has 5 rings (SSSR count). The minimum absolute atomic E-state index is 0.125. The van der Waals surface area contributed by atoms with E-state index in [2.05, 4.69) is 25.0 Å². The number of nitrogens with one attached hydrogen (secondary N) is 2. The number of H-pyrrole nitrogens is 1. The number of nitrogens with zero attached hydrogens (tertiary/aromatic N) is 7. The smallest absolute Gasteiger partial charge is 0.252 e. The molecule has 4 heterocycles. The van der Waals surface area contributed by atoms with Crippen LogP contribution in [0.15, 0.2) is 66.2 Å². The zero-order chi connectivity index (χ0) is 27.7. The number of benzene rings is 1. The Balaban J connectivity index is 1.53. The summed E-state index contributed by atoms with van der Waals surface area (Å²) in [4.78, 5) is 44.5. The number of nitrogens with two attached hydrogens (primary N) is 1. The van der Waals surface area contributed by atoms with Gasteiger partial charge in [-0.15, -0.1) is 0 Å². The van der Waals surface area contributed by atoms with E-state index in [-0.39, 0.29) is 17.6 Å². The maximum Gasteiger partial charge on any atom is 0.252 e. The number of anilines is 1. The number of rotatable bonds is 6. The van der Waals surface area contributed by atoms with Gasteiger partial charge in [0.25, 0.3) is 5.91 Å². The maximum atomic E-state index is 13.4. The fraction of sp³-hybridized carbons (Fsp3) is 0.222. The van der Waals surface area contributed by atoms with Crippen molar-refractivity contribution in [2.45, 2.75) is 26.3 Å². The molecule has 4 aromatic rings. The molecule has 12 nitrogen and oxygen atoms in total. The number of amides is 2. The van der Waals surface area contributed by atoms with Crippen molar-refractivity contribution in [2.75, 3.05) is 18.0 Å². The van der Waals surface area contributed by atoms with E-state index < -0.39 is 5.54 Å². The Morgan fingerprint density at radius 2 is 1.92 bits per heavy atom. The molecule has 1 fully saturated rings. The molecule has 0 spiro atoms. The molecule has 0 saturated carbocycles. The molecule has 3 aromatic heterocycles. The van der Waals surface area contributed by atoms with Gasteiger partial charge in [-0.05, 0) is 38.1 Å². The van der Waals surface area contributed by atoms with Crippen molar-refractivity contribution in [1.29, 1.82) is 5.41 Å². The Bertz CT molecular complexity index is 1580. The summed E-state index contributed by atoms with van der Waals surface area (Å²) in [6.45, 7) is 5.85. The van der Waals surface area contributed by atoms with E-state index in [1.54, 1.807) is 59.2 Å². The lowest BCUT2D eigenvalue weighted by Gasteiger charge is -2.45. The van der Waals surface area contributed by atoms with Crippen LogP contribution in [0.3, 0.4) is 0 Å². The summed E-state index contributed by atoms with van der Waals surface area (Å²) >= 11 is 0. The molecular weight excluding hydrogens is 496 g/mol. The first kappa shape index (κ1) is 25.5. The molecule has 0 unspecified atom stereocenters. The Morgan fingerprint density at radius 3 is 2.64 bits per heavy atom. The van der Waals surface area contributed by atoms with Crippen molar-refractivity contribution in [3.8, 4) is 28.3 Å². The first-order valence-corrected chi connectivity index (χ1v) is 12.3. The number of hydrogen-bond acceptors (Lipinski definition) is 6. The van der Waals surface area contributed by atoms with Crippen LogP contribution in [-0.2, 0) is 9.59 Å². The number of hydrogen-bond donors (Lipinski definition) is 3. The molecule has 0 aliphatic carbocycles. The first-order chi connectivity index (χ1) is 18.7. The van der Waals surface area contributed by atoms with Gasteiger partial charge in [-0.25, -0.2) is 19.6 Å². The quantitative estimate of drug-likeness (QED) is 0.259. The van der Waals surface area contributed by atoms with Crippen molar-refractivity contribution in [3.63, 3.8) is 0 Å². The van der Waals surface area contributed by atoms with Gasteiger partial charge in [-0.1, -0.05) is 12.1 Å². The Kier molecular flexibility index (Phi) is 6.52. The largest absolute Gasteiger partial charge is 0.382 e. The lowest BCUT2D eigenvalue weighted by atomic mass is 9.96. The standard InChI is InChI=1S/C27H28N10O2/c1-17(38)36-11-10-35(25(39)27(36,2)3)20-7-4-6-18(12-20)22-13-21(23(34-22)24(29)32-16-28)19-14-33-37(15-19)26-30-8-5-9-31-26/h4-9,12-16,34H,10-11H2,1-3H3,(H3,28,29,32). The highest BCUT2D eigenvalue weighted by Crippen LogP contribution is 2.33. The molecule has 1 aliphatic rings. The maximum absolute atomic E-state index is 13.4. The fourth-order valence-electron chi connectivity index (χ4n) is 4.82. The van der Waals surface area contributed by atoms with Gasteiger partial charge in [0.15, 0.2) is 0 Å². The summed E-state index contributed by atoms with van der Waals surface area (Å²) in [7, 11) is 0. The molecule has 0 radical (unpaired) electrons. The third-order valence-corrected chi connectivity index (χ3v) is 6.77. The second kappa shape index (κ2) is 9.97. The summed E-state index contributed by atoms with van der Waals surface area (Å²) in [5, 5.41) is 11.8. The predicted molar refractivity (Wildman–Crippen MR) is 148 cm³/mol. The van der Waals surface area contributed by atoms with Crippen molar-refractivity contribution < 1.29 is 9.59 Å². The number of piperazine rings is 1. The average Bonchev–Trinajstić information content (AvgIpc) is 3.59. The topological polar surface area (TPSA) is 162 Å². The van der Waals surface area contributed by atoms with Crippen LogP contribution in [0, 0.1) is 5.41 Å². The van der Waals surface area contributed by atoms with Crippen LogP contribution >= 0.6 is 0 Å². The van der Waals surface area contributed by atoms with E-state index in [0.29, 0.717) is 24.7 Å². The van der Waals surface area contributed by atoms with E-state index in [1.165, 1.54) is 6.92 Å². The molecular formula is C27H28N10O2.